The van der Waals surface area contributed by atoms with Crippen molar-refractivity contribution in [2.75, 3.05) is 13.2 Å². The molecule has 5 heteroatoms. The fourth-order valence-electron chi connectivity index (χ4n) is 3.28. The zero-order chi connectivity index (χ0) is 15.8. The molecule has 0 aromatic carbocycles. The molecule has 0 radical (unpaired) electrons. The molecule has 2 unspecified atom stereocenters. The van der Waals surface area contributed by atoms with Gasteiger partial charge in [-0.3, -0.25) is 0 Å². The molecule has 2 atom stereocenters. The third-order valence-corrected chi connectivity index (χ3v) is 5.11. The lowest BCUT2D eigenvalue weighted by Crippen LogP contribution is -2.68. The van der Waals surface area contributed by atoms with E-state index in [4.69, 9.17) is 4.74 Å². The van der Waals surface area contributed by atoms with E-state index in [0.29, 0.717) is 26.1 Å². The van der Waals surface area contributed by atoms with Crippen LogP contribution in [0.3, 0.4) is 0 Å². The number of aromatic nitrogens is 2. The molecule has 1 saturated carbocycles. The highest BCUT2D eigenvalue weighted by Gasteiger charge is 2.59. The minimum absolute atomic E-state index is 0.139. The van der Waals surface area contributed by atoms with Crippen LogP contribution in [-0.2, 0) is 11.3 Å². The number of rotatable bonds is 6. The molecule has 2 aromatic rings. The van der Waals surface area contributed by atoms with Gasteiger partial charge in [0.2, 0.25) is 0 Å². The molecular formula is C17H25N3O2. The number of nitrogens with zero attached hydrogens (tertiary/aromatic N) is 2. The summed E-state index contributed by atoms with van der Waals surface area (Å²) < 4.78 is 7.76. The van der Waals surface area contributed by atoms with E-state index >= 15 is 0 Å². The zero-order valence-corrected chi connectivity index (χ0v) is 13.5. The molecule has 0 amide bonds. The number of pyridine rings is 1. The summed E-state index contributed by atoms with van der Waals surface area (Å²) in [4.78, 5) is 4.37. The Balaban J connectivity index is 1.59. The van der Waals surface area contributed by atoms with Gasteiger partial charge in [0.1, 0.15) is 5.65 Å². The van der Waals surface area contributed by atoms with E-state index in [2.05, 4.69) is 28.5 Å². The monoisotopic (exact) mass is 303 g/mol. The maximum Gasteiger partial charge on any atom is 0.136 e. The highest BCUT2D eigenvalue weighted by Crippen LogP contribution is 2.50. The average molecular weight is 303 g/mol. The van der Waals surface area contributed by atoms with E-state index < -0.39 is 5.60 Å². The molecule has 2 aromatic heterocycles. The van der Waals surface area contributed by atoms with Gasteiger partial charge < -0.3 is 19.6 Å². The third-order valence-electron chi connectivity index (χ3n) is 5.11. The fraction of sp³-hybridized carbons (Fsp3) is 0.588. The minimum atomic E-state index is -0.715. The topological polar surface area (TPSA) is 58.8 Å². The van der Waals surface area contributed by atoms with Gasteiger partial charge in [-0.1, -0.05) is 19.9 Å². The fourth-order valence-corrected chi connectivity index (χ4v) is 3.28. The van der Waals surface area contributed by atoms with E-state index in [0.717, 1.165) is 11.3 Å². The Morgan fingerprint density at radius 1 is 1.45 bits per heavy atom. The van der Waals surface area contributed by atoms with Crippen molar-refractivity contribution in [2.45, 2.75) is 45.4 Å². The third kappa shape index (κ3) is 2.43. The molecule has 1 fully saturated rings. The quantitative estimate of drug-likeness (QED) is 0.857. The lowest BCUT2D eigenvalue weighted by atomic mass is 9.56. The number of nitrogens with one attached hydrogen (secondary N) is 1. The number of aliphatic hydroxyl groups is 1. The largest absolute Gasteiger partial charge is 0.388 e. The van der Waals surface area contributed by atoms with E-state index in [1.54, 1.807) is 0 Å². The van der Waals surface area contributed by atoms with Crippen LogP contribution in [0.25, 0.3) is 5.65 Å². The second kappa shape index (κ2) is 5.65. The summed E-state index contributed by atoms with van der Waals surface area (Å²) in [6.07, 6.45) is 4.71. The van der Waals surface area contributed by atoms with Gasteiger partial charge in [0.15, 0.2) is 0 Å². The molecule has 2 heterocycles. The molecule has 0 aliphatic heterocycles. The number of fused-ring (bicyclic) bond motifs is 1. The van der Waals surface area contributed by atoms with Crippen LogP contribution in [0, 0.1) is 5.41 Å². The number of hydrogen-bond acceptors (Lipinski definition) is 4. The summed E-state index contributed by atoms with van der Waals surface area (Å²) >= 11 is 0. The van der Waals surface area contributed by atoms with Gasteiger partial charge >= 0.3 is 0 Å². The highest BCUT2D eigenvalue weighted by atomic mass is 16.5. The maximum absolute atomic E-state index is 10.8. The van der Waals surface area contributed by atoms with E-state index in [1.807, 2.05) is 37.5 Å². The van der Waals surface area contributed by atoms with Crippen molar-refractivity contribution in [1.82, 2.24) is 14.7 Å². The normalized spacial score (nSPS) is 27.0. The van der Waals surface area contributed by atoms with Crippen LogP contribution in [0.2, 0.25) is 0 Å². The lowest BCUT2D eigenvalue weighted by molar-refractivity contribution is -0.238. The summed E-state index contributed by atoms with van der Waals surface area (Å²) in [6, 6.07) is 5.96. The molecule has 120 valence electrons. The van der Waals surface area contributed by atoms with Crippen molar-refractivity contribution in [3.63, 3.8) is 0 Å². The second-order valence-electron chi connectivity index (χ2n) is 6.68. The Morgan fingerprint density at radius 2 is 2.27 bits per heavy atom. The standard InChI is InChI=1S/C17H25N3O2/c1-4-22-14-9-17(21,16(14,2)3)12-18-10-13-11-19-15-7-5-6-8-20(13)15/h5-8,11,14,18,21H,4,9-10,12H2,1-3H3. The van der Waals surface area contributed by atoms with E-state index in [-0.39, 0.29) is 11.5 Å². The smallest absolute Gasteiger partial charge is 0.136 e. The van der Waals surface area contributed by atoms with Crippen LogP contribution in [0.5, 0.6) is 0 Å². The van der Waals surface area contributed by atoms with Crippen LogP contribution in [0.1, 0.15) is 32.9 Å². The van der Waals surface area contributed by atoms with Crippen LogP contribution >= 0.6 is 0 Å². The zero-order valence-electron chi connectivity index (χ0n) is 13.5. The summed E-state index contributed by atoms with van der Waals surface area (Å²) in [5, 5.41) is 14.2. The molecule has 2 N–H and O–H groups in total. The Kier molecular flexibility index (Phi) is 3.97. The van der Waals surface area contributed by atoms with Gasteiger partial charge in [0.25, 0.3) is 0 Å². The molecule has 0 bridgehead atoms. The van der Waals surface area contributed by atoms with Crippen molar-refractivity contribution < 1.29 is 9.84 Å². The average Bonchev–Trinajstić information content (AvgIpc) is 2.91. The Labute approximate surface area is 131 Å². The summed E-state index contributed by atoms with van der Waals surface area (Å²) in [7, 11) is 0. The minimum Gasteiger partial charge on any atom is -0.388 e. The van der Waals surface area contributed by atoms with Gasteiger partial charge in [-0.15, -0.1) is 0 Å². The first-order chi connectivity index (χ1) is 10.5. The molecule has 22 heavy (non-hydrogen) atoms. The lowest BCUT2D eigenvalue weighted by Gasteiger charge is -2.58. The van der Waals surface area contributed by atoms with Gasteiger partial charge in [-0.05, 0) is 19.1 Å². The van der Waals surface area contributed by atoms with Crippen LogP contribution < -0.4 is 5.32 Å². The Hall–Kier alpha value is -1.43. The molecule has 0 saturated heterocycles. The first kappa shape index (κ1) is 15.5. The molecule has 0 spiro atoms. The molecule has 5 nitrogen and oxygen atoms in total. The van der Waals surface area contributed by atoms with Gasteiger partial charge in [0, 0.05) is 37.7 Å². The Bertz CT molecular complexity index is 652. The van der Waals surface area contributed by atoms with Crippen molar-refractivity contribution in [3.05, 3.63) is 36.3 Å². The highest BCUT2D eigenvalue weighted by molar-refractivity contribution is 5.39. The summed E-state index contributed by atoms with van der Waals surface area (Å²) in [5.41, 5.74) is 1.10. The van der Waals surface area contributed by atoms with Gasteiger partial charge in [0.05, 0.1) is 23.6 Å². The second-order valence-corrected chi connectivity index (χ2v) is 6.68. The molecule has 3 rings (SSSR count). The first-order valence-electron chi connectivity index (χ1n) is 7.93. The molecular weight excluding hydrogens is 278 g/mol. The van der Waals surface area contributed by atoms with E-state index in [1.165, 1.54) is 0 Å². The predicted octanol–water partition coefficient (Wildman–Crippen LogP) is 1.99. The number of hydrogen-bond donors (Lipinski definition) is 2. The molecule has 1 aliphatic carbocycles. The SMILES string of the molecule is CCOC1CC(O)(CNCc2cnc3ccccn23)C1(C)C. The van der Waals surface area contributed by atoms with Crippen molar-refractivity contribution >= 4 is 5.65 Å². The first-order valence-corrected chi connectivity index (χ1v) is 7.93. The van der Waals surface area contributed by atoms with Crippen LogP contribution in [0.15, 0.2) is 30.6 Å². The van der Waals surface area contributed by atoms with Gasteiger partial charge in [-0.2, -0.15) is 0 Å². The van der Waals surface area contributed by atoms with Crippen molar-refractivity contribution in [1.29, 1.82) is 0 Å². The van der Waals surface area contributed by atoms with Crippen molar-refractivity contribution in [2.24, 2.45) is 5.41 Å². The van der Waals surface area contributed by atoms with Crippen molar-refractivity contribution in [3.8, 4) is 0 Å². The maximum atomic E-state index is 10.8. The summed E-state index contributed by atoms with van der Waals surface area (Å²) in [5.74, 6) is 0. The number of imidazole rings is 1. The van der Waals surface area contributed by atoms with Crippen LogP contribution in [0.4, 0.5) is 0 Å². The summed E-state index contributed by atoms with van der Waals surface area (Å²) in [6.45, 7) is 8.09. The van der Waals surface area contributed by atoms with E-state index in [9.17, 15) is 5.11 Å². The van der Waals surface area contributed by atoms with Gasteiger partial charge in [-0.25, -0.2) is 4.98 Å². The number of ether oxygens (including phenoxy) is 1. The predicted molar refractivity (Wildman–Crippen MR) is 85.7 cm³/mol. The van der Waals surface area contributed by atoms with Crippen LogP contribution in [-0.4, -0.2) is 39.3 Å². The molecule has 1 aliphatic rings. The Morgan fingerprint density at radius 3 is 3.00 bits per heavy atom.